The molecule has 1 aromatic rings. The smallest absolute Gasteiger partial charge is 0.0317 e. The highest BCUT2D eigenvalue weighted by atomic mass is 35.5. The molecule has 0 heterocycles. The van der Waals surface area contributed by atoms with Crippen molar-refractivity contribution in [1.82, 2.24) is 0 Å². The van der Waals surface area contributed by atoms with E-state index in [4.69, 9.17) is 11.5 Å². The molecule has 0 aliphatic carbocycles. The van der Waals surface area contributed by atoms with E-state index in [1.165, 1.54) is 0 Å². The Morgan fingerprint density at radius 3 is 2.17 bits per heavy atom. The third kappa shape index (κ3) is 3.81. The summed E-state index contributed by atoms with van der Waals surface area (Å²) in [4.78, 5) is 0. The predicted octanol–water partition coefficient (Wildman–Crippen LogP) is 2.13. The highest BCUT2D eigenvalue weighted by Gasteiger charge is 1.96. The molecule has 0 fully saturated rings. The summed E-state index contributed by atoms with van der Waals surface area (Å²) in [6, 6.07) is 7.70. The lowest BCUT2D eigenvalue weighted by molar-refractivity contribution is 0.819. The number of anilines is 1. The average Bonchev–Trinajstić information content (AvgIpc) is 1.88. The van der Waals surface area contributed by atoms with Gasteiger partial charge in [0.05, 0.1) is 0 Å². The Bertz CT molecular complexity index is 226. The number of halogens is 2. The number of hydrogen-bond donors (Lipinski definition) is 2. The van der Waals surface area contributed by atoms with Gasteiger partial charge in [0, 0.05) is 11.7 Å². The van der Waals surface area contributed by atoms with Crippen molar-refractivity contribution in [2.45, 2.75) is 13.0 Å². The van der Waals surface area contributed by atoms with Crippen LogP contribution in [0.4, 0.5) is 5.69 Å². The molecule has 1 rings (SSSR count). The Morgan fingerprint density at radius 1 is 1.25 bits per heavy atom. The molecule has 1 aromatic carbocycles. The van der Waals surface area contributed by atoms with Crippen molar-refractivity contribution in [2.75, 3.05) is 5.73 Å². The third-order valence-corrected chi connectivity index (χ3v) is 1.44. The van der Waals surface area contributed by atoms with Crippen LogP contribution in [-0.4, -0.2) is 0 Å². The second kappa shape index (κ2) is 6.12. The molecule has 0 aliphatic rings. The summed E-state index contributed by atoms with van der Waals surface area (Å²) in [5.41, 5.74) is 13.0. The van der Waals surface area contributed by atoms with Gasteiger partial charge in [0.25, 0.3) is 0 Å². The van der Waals surface area contributed by atoms with Crippen molar-refractivity contribution in [3.05, 3.63) is 29.8 Å². The van der Waals surface area contributed by atoms with Crippen molar-refractivity contribution < 1.29 is 0 Å². The molecule has 12 heavy (non-hydrogen) atoms. The molecule has 0 aromatic heterocycles. The molecule has 0 spiro atoms. The molecule has 4 N–H and O–H groups in total. The lowest BCUT2D eigenvalue weighted by atomic mass is 10.1. The number of hydrogen-bond acceptors (Lipinski definition) is 2. The van der Waals surface area contributed by atoms with Crippen molar-refractivity contribution >= 4 is 30.5 Å². The predicted molar refractivity (Wildman–Crippen MR) is 58.0 cm³/mol. The monoisotopic (exact) mass is 208 g/mol. The van der Waals surface area contributed by atoms with Crippen LogP contribution >= 0.6 is 24.8 Å². The van der Waals surface area contributed by atoms with E-state index in [1.54, 1.807) is 0 Å². The molecule has 0 amide bonds. The number of benzene rings is 1. The Hall–Kier alpha value is -0.440. The molecule has 4 heteroatoms. The minimum atomic E-state index is 0. The van der Waals surface area contributed by atoms with Crippen LogP contribution in [0.15, 0.2) is 24.3 Å². The van der Waals surface area contributed by atoms with E-state index in [9.17, 15) is 0 Å². The van der Waals surface area contributed by atoms with E-state index in [-0.39, 0.29) is 30.9 Å². The van der Waals surface area contributed by atoms with E-state index in [2.05, 4.69) is 0 Å². The van der Waals surface area contributed by atoms with Gasteiger partial charge in [0.15, 0.2) is 0 Å². The van der Waals surface area contributed by atoms with Gasteiger partial charge in [-0.15, -0.1) is 24.8 Å². The Balaban J connectivity index is 0. The molecular formula is C8H14Cl2N2. The van der Waals surface area contributed by atoms with Crippen LogP contribution in [0.1, 0.15) is 18.5 Å². The van der Waals surface area contributed by atoms with Gasteiger partial charge < -0.3 is 11.5 Å². The van der Waals surface area contributed by atoms with E-state index in [0.717, 1.165) is 11.3 Å². The zero-order chi connectivity index (χ0) is 7.56. The van der Waals surface area contributed by atoms with Crippen molar-refractivity contribution in [3.63, 3.8) is 0 Å². The quantitative estimate of drug-likeness (QED) is 0.696. The molecular weight excluding hydrogens is 195 g/mol. The molecule has 2 nitrogen and oxygen atoms in total. The largest absolute Gasteiger partial charge is 0.399 e. The Labute approximate surface area is 85.1 Å². The topological polar surface area (TPSA) is 52.0 Å². The average molecular weight is 209 g/mol. The first-order chi connectivity index (χ1) is 4.70. The molecule has 1 atom stereocenters. The highest BCUT2D eigenvalue weighted by molar-refractivity contribution is 5.85. The maximum atomic E-state index is 5.63. The summed E-state index contributed by atoms with van der Waals surface area (Å²) < 4.78 is 0. The van der Waals surface area contributed by atoms with Crippen LogP contribution in [-0.2, 0) is 0 Å². The fourth-order valence-electron chi connectivity index (χ4n) is 0.842. The molecule has 0 aliphatic heterocycles. The van der Waals surface area contributed by atoms with Crippen LogP contribution in [0, 0.1) is 0 Å². The highest BCUT2D eigenvalue weighted by Crippen LogP contribution is 2.12. The SMILES string of the molecule is C[C@@H](N)c1cccc(N)c1.Cl.Cl. The maximum absolute atomic E-state index is 5.63. The first kappa shape index (κ1) is 14.1. The summed E-state index contributed by atoms with van der Waals surface area (Å²) >= 11 is 0. The zero-order valence-corrected chi connectivity index (χ0v) is 8.49. The second-order valence-corrected chi connectivity index (χ2v) is 2.46. The first-order valence-electron chi connectivity index (χ1n) is 3.31. The van der Waals surface area contributed by atoms with Gasteiger partial charge in [-0.05, 0) is 24.6 Å². The van der Waals surface area contributed by atoms with E-state index >= 15 is 0 Å². The molecule has 0 saturated carbocycles. The summed E-state index contributed by atoms with van der Waals surface area (Å²) in [6.45, 7) is 1.94. The van der Waals surface area contributed by atoms with E-state index in [0.29, 0.717) is 0 Å². The van der Waals surface area contributed by atoms with Crippen LogP contribution in [0.2, 0.25) is 0 Å². The fraction of sp³-hybridized carbons (Fsp3) is 0.250. The molecule has 0 saturated heterocycles. The lowest BCUT2D eigenvalue weighted by Gasteiger charge is -2.04. The van der Waals surface area contributed by atoms with Crippen LogP contribution in [0.5, 0.6) is 0 Å². The second-order valence-electron chi connectivity index (χ2n) is 2.46. The normalized spacial score (nSPS) is 10.8. The van der Waals surface area contributed by atoms with E-state index < -0.39 is 0 Å². The van der Waals surface area contributed by atoms with Crippen LogP contribution in [0.25, 0.3) is 0 Å². The number of nitrogens with two attached hydrogens (primary N) is 2. The molecule has 70 valence electrons. The van der Waals surface area contributed by atoms with Crippen molar-refractivity contribution in [1.29, 1.82) is 0 Å². The van der Waals surface area contributed by atoms with Gasteiger partial charge in [-0.1, -0.05) is 12.1 Å². The van der Waals surface area contributed by atoms with Crippen LogP contribution < -0.4 is 11.5 Å². The van der Waals surface area contributed by atoms with Crippen molar-refractivity contribution in [3.8, 4) is 0 Å². The first-order valence-corrected chi connectivity index (χ1v) is 3.31. The van der Waals surface area contributed by atoms with Gasteiger partial charge >= 0.3 is 0 Å². The summed E-state index contributed by atoms with van der Waals surface area (Å²) in [7, 11) is 0. The van der Waals surface area contributed by atoms with Crippen molar-refractivity contribution in [2.24, 2.45) is 5.73 Å². The summed E-state index contributed by atoms with van der Waals surface area (Å²) in [5, 5.41) is 0. The van der Waals surface area contributed by atoms with E-state index in [1.807, 2.05) is 31.2 Å². The lowest BCUT2D eigenvalue weighted by Crippen LogP contribution is -2.04. The van der Waals surface area contributed by atoms with Gasteiger partial charge in [-0.2, -0.15) is 0 Å². The van der Waals surface area contributed by atoms with Crippen LogP contribution in [0.3, 0.4) is 0 Å². The Morgan fingerprint density at radius 2 is 1.83 bits per heavy atom. The van der Waals surface area contributed by atoms with Gasteiger partial charge in [-0.3, -0.25) is 0 Å². The zero-order valence-electron chi connectivity index (χ0n) is 6.86. The standard InChI is InChI=1S/C8H12N2.2ClH/c1-6(9)7-3-2-4-8(10)5-7;;/h2-6H,9-10H2,1H3;2*1H/t6-;;/m1../s1. The molecule has 0 radical (unpaired) electrons. The minimum absolute atomic E-state index is 0. The fourth-order valence-corrected chi connectivity index (χ4v) is 0.842. The maximum Gasteiger partial charge on any atom is 0.0317 e. The molecule has 0 bridgehead atoms. The van der Waals surface area contributed by atoms with Gasteiger partial charge in [-0.25, -0.2) is 0 Å². The number of nitrogen functional groups attached to an aromatic ring is 1. The third-order valence-electron chi connectivity index (χ3n) is 1.44. The summed E-state index contributed by atoms with van der Waals surface area (Å²) in [6.07, 6.45) is 0. The minimum Gasteiger partial charge on any atom is -0.399 e. The van der Waals surface area contributed by atoms with Gasteiger partial charge in [0.1, 0.15) is 0 Å². The molecule has 0 unspecified atom stereocenters. The van der Waals surface area contributed by atoms with Gasteiger partial charge in [0.2, 0.25) is 0 Å². The number of rotatable bonds is 1. The summed E-state index contributed by atoms with van der Waals surface area (Å²) in [5.74, 6) is 0. The Kier molecular flexibility index (Phi) is 7.19.